The number of hydrogen-bond donors (Lipinski definition) is 1. The van der Waals surface area contributed by atoms with E-state index in [4.69, 9.17) is 4.74 Å². The SMILES string of the molecule is CCN1CCN(c2ccc(NC(=O)c3cccc4c3O[C@@H](C)[C@H]4C)cc2)CC1. The molecular weight excluding hydrogens is 350 g/mol. The Morgan fingerprint density at radius 3 is 2.46 bits per heavy atom. The summed E-state index contributed by atoms with van der Waals surface area (Å²) in [6, 6.07) is 14.0. The Bertz CT molecular complexity index is 841. The molecule has 0 saturated carbocycles. The summed E-state index contributed by atoms with van der Waals surface area (Å²) in [4.78, 5) is 17.7. The number of benzene rings is 2. The van der Waals surface area contributed by atoms with Crippen molar-refractivity contribution in [1.29, 1.82) is 0 Å². The number of nitrogens with one attached hydrogen (secondary N) is 1. The van der Waals surface area contributed by atoms with E-state index < -0.39 is 0 Å². The van der Waals surface area contributed by atoms with Gasteiger partial charge >= 0.3 is 0 Å². The van der Waals surface area contributed by atoms with Gasteiger partial charge in [-0.1, -0.05) is 26.0 Å². The highest BCUT2D eigenvalue weighted by Gasteiger charge is 2.31. The number of amides is 1. The van der Waals surface area contributed by atoms with Crippen LogP contribution in [0.2, 0.25) is 0 Å². The smallest absolute Gasteiger partial charge is 0.259 e. The number of nitrogens with zero attached hydrogens (tertiary/aromatic N) is 2. The van der Waals surface area contributed by atoms with Gasteiger partial charge < -0.3 is 19.9 Å². The fraction of sp³-hybridized carbons (Fsp3) is 0.435. The topological polar surface area (TPSA) is 44.8 Å². The van der Waals surface area contributed by atoms with Crippen molar-refractivity contribution in [3.63, 3.8) is 0 Å². The van der Waals surface area contributed by atoms with Crippen LogP contribution < -0.4 is 15.0 Å². The molecule has 1 amide bonds. The zero-order valence-electron chi connectivity index (χ0n) is 16.9. The summed E-state index contributed by atoms with van der Waals surface area (Å²) in [6.07, 6.45) is 0.0939. The molecule has 2 heterocycles. The van der Waals surface area contributed by atoms with E-state index in [1.165, 1.54) is 5.69 Å². The summed E-state index contributed by atoms with van der Waals surface area (Å²) in [5.41, 5.74) is 3.73. The van der Waals surface area contributed by atoms with Gasteiger partial charge in [-0.15, -0.1) is 0 Å². The van der Waals surface area contributed by atoms with Gasteiger partial charge in [-0.05, 0) is 43.8 Å². The van der Waals surface area contributed by atoms with Gasteiger partial charge in [0.25, 0.3) is 5.91 Å². The lowest BCUT2D eigenvalue weighted by Crippen LogP contribution is -2.46. The highest BCUT2D eigenvalue weighted by Crippen LogP contribution is 2.40. The van der Waals surface area contributed by atoms with Crippen molar-refractivity contribution in [3.05, 3.63) is 53.6 Å². The Morgan fingerprint density at radius 1 is 1.07 bits per heavy atom. The van der Waals surface area contributed by atoms with Crippen LogP contribution in [0.3, 0.4) is 0 Å². The number of ether oxygens (including phenoxy) is 1. The molecule has 148 valence electrons. The number of hydrogen-bond acceptors (Lipinski definition) is 4. The van der Waals surface area contributed by atoms with Crippen molar-refractivity contribution in [3.8, 4) is 5.75 Å². The van der Waals surface area contributed by atoms with Crippen molar-refractivity contribution in [1.82, 2.24) is 4.90 Å². The van der Waals surface area contributed by atoms with E-state index in [-0.39, 0.29) is 12.0 Å². The number of para-hydroxylation sites is 1. The molecule has 28 heavy (non-hydrogen) atoms. The van der Waals surface area contributed by atoms with Crippen molar-refractivity contribution in [2.24, 2.45) is 0 Å². The maximum Gasteiger partial charge on any atom is 0.259 e. The molecule has 0 radical (unpaired) electrons. The maximum atomic E-state index is 12.8. The summed E-state index contributed by atoms with van der Waals surface area (Å²) in [5, 5.41) is 3.02. The maximum absolute atomic E-state index is 12.8. The number of carbonyl (C=O) groups is 1. The van der Waals surface area contributed by atoms with Crippen molar-refractivity contribution >= 4 is 17.3 Å². The molecule has 0 bridgehead atoms. The van der Waals surface area contributed by atoms with Gasteiger partial charge in [0.2, 0.25) is 0 Å². The van der Waals surface area contributed by atoms with E-state index in [0.29, 0.717) is 11.5 Å². The Labute approximate surface area is 167 Å². The molecule has 2 aromatic rings. The molecular formula is C23H29N3O2. The van der Waals surface area contributed by atoms with Crippen LogP contribution in [-0.2, 0) is 0 Å². The van der Waals surface area contributed by atoms with Crippen LogP contribution in [0.15, 0.2) is 42.5 Å². The van der Waals surface area contributed by atoms with Crippen molar-refractivity contribution < 1.29 is 9.53 Å². The minimum absolute atomic E-state index is 0.0939. The lowest BCUT2D eigenvalue weighted by atomic mass is 9.97. The van der Waals surface area contributed by atoms with Crippen LogP contribution in [0.5, 0.6) is 5.75 Å². The predicted molar refractivity (Wildman–Crippen MR) is 114 cm³/mol. The third kappa shape index (κ3) is 3.59. The number of fused-ring (bicyclic) bond motifs is 1. The number of likely N-dealkylation sites (N-methyl/N-ethyl adjacent to an activating group) is 1. The molecule has 1 saturated heterocycles. The normalized spacial score (nSPS) is 21.9. The quantitative estimate of drug-likeness (QED) is 0.873. The van der Waals surface area contributed by atoms with Crippen LogP contribution in [-0.4, -0.2) is 49.6 Å². The molecule has 2 aromatic carbocycles. The molecule has 1 fully saturated rings. The molecule has 0 spiro atoms. The molecule has 5 nitrogen and oxygen atoms in total. The minimum atomic E-state index is -0.123. The fourth-order valence-electron chi connectivity index (χ4n) is 4.04. The van der Waals surface area contributed by atoms with Crippen molar-refractivity contribution in [2.75, 3.05) is 42.9 Å². The van der Waals surface area contributed by atoms with Crippen LogP contribution in [0.4, 0.5) is 11.4 Å². The van der Waals surface area contributed by atoms with Gasteiger partial charge in [0.1, 0.15) is 11.9 Å². The first-order valence-corrected chi connectivity index (χ1v) is 10.2. The van der Waals surface area contributed by atoms with Gasteiger partial charge in [0.15, 0.2) is 0 Å². The summed E-state index contributed by atoms with van der Waals surface area (Å²) < 4.78 is 5.95. The number of rotatable bonds is 4. The Balaban J connectivity index is 1.44. The zero-order valence-corrected chi connectivity index (χ0v) is 16.9. The molecule has 0 unspecified atom stereocenters. The summed E-state index contributed by atoms with van der Waals surface area (Å²) in [5.74, 6) is 0.906. The largest absolute Gasteiger partial charge is 0.489 e. The highest BCUT2D eigenvalue weighted by atomic mass is 16.5. The van der Waals surface area contributed by atoms with Crippen molar-refractivity contribution in [2.45, 2.75) is 32.8 Å². The average Bonchev–Trinajstić information content (AvgIpc) is 3.02. The Hall–Kier alpha value is -2.53. The molecule has 2 aliphatic heterocycles. The van der Waals surface area contributed by atoms with Crippen LogP contribution in [0.25, 0.3) is 0 Å². The minimum Gasteiger partial charge on any atom is -0.489 e. The first kappa shape index (κ1) is 18.8. The van der Waals surface area contributed by atoms with Gasteiger partial charge in [-0.3, -0.25) is 4.79 Å². The second kappa shape index (κ2) is 7.84. The number of piperazine rings is 1. The van der Waals surface area contributed by atoms with Gasteiger partial charge in [0, 0.05) is 49.0 Å². The van der Waals surface area contributed by atoms with E-state index >= 15 is 0 Å². The standard InChI is InChI=1S/C23H29N3O2/c1-4-25-12-14-26(15-13-25)19-10-8-18(9-11-19)24-23(27)21-7-5-6-20-16(2)17(3)28-22(20)21/h5-11,16-17H,4,12-15H2,1-3H3,(H,24,27)/t16-,17+/m1/s1. The zero-order chi connectivity index (χ0) is 19.7. The molecule has 4 rings (SSSR count). The molecule has 2 atom stereocenters. The van der Waals surface area contributed by atoms with Crippen LogP contribution >= 0.6 is 0 Å². The van der Waals surface area contributed by atoms with E-state index in [0.717, 1.165) is 49.7 Å². The first-order valence-electron chi connectivity index (χ1n) is 10.2. The van der Waals surface area contributed by atoms with Crippen LogP contribution in [0, 0.1) is 0 Å². The first-order chi connectivity index (χ1) is 13.6. The highest BCUT2D eigenvalue weighted by molar-refractivity contribution is 6.06. The second-order valence-electron chi connectivity index (χ2n) is 7.76. The third-order valence-electron chi connectivity index (χ3n) is 6.10. The fourth-order valence-corrected chi connectivity index (χ4v) is 4.04. The van der Waals surface area contributed by atoms with Crippen LogP contribution in [0.1, 0.15) is 42.6 Å². The average molecular weight is 380 g/mol. The molecule has 0 aromatic heterocycles. The lowest BCUT2D eigenvalue weighted by molar-refractivity contribution is 0.102. The third-order valence-corrected chi connectivity index (χ3v) is 6.10. The van der Waals surface area contributed by atoms with Gasteiger partial charge in [-0.2, -0.15) is 0 Å². The number of carbonyl (C=O) groups excluding carboxylic acids is 1. The predicted octanol–water partition coefficient (Wildman–Crippen LogP) is 3.97. The van der Waals surface area contributed by atoms with E-state index in [1.807, 2.05) is 37.3 Å². The molecule has 1 N–H and O–H groups in total. The number of anilines is 2. The molecule has 0 aliphatic carbocycles. The van der Waals surface area contributed by atoms with Gasteiger partial charge in [0.05, 0.1) is 5.56 Å². The molecule has 5 heteroatoms. The molecule has 2 aliphatic rings. The summed E-state index contributed by atoms with van der Waals surface area (Å²) >= 11 is 0. The second-order valence-corrected chi connectivity index (χ2v) is 7.76. The van der Waals surface area contributed by atoms with E-state index in [2.05, 4.69) is 41.1 Å². The van der Waals surface area contributed by atoms with E-state index in [9.17, 15) is 4.79 Å². The Morgan fingerprint density at radius 2 is 1.79 bits per heavy atom. The summed E-state index contributed by atoms with van der Waals surface area (Å²) in [7, 11) is 0. The van der Waals surface area contributed by atoms with Gasteiger partial charge in [-0.25, -0.2) is 0 Å². The summed E-state index contributed by atoms with van der Waals surface area (Å²) in [6.45, 7) is 11.8. The monoisotopic (exact) mass is 379 g/mol. The lowest BCUT2D eigenvalue weighted by Gasteiger charge is -2.35. The van der Waals surface area contributed by atoms with E-state index in [1.54, 1.807) is 0 Å². The Kier molecular flexibility index (Phi) is 5.27.